The number of anilines is 2. The number of benzene rings is 2. The Kier molecular flexibility index (Phi) is 9.86. The lowest BCUT2D eigenvalue weighted by molar-refractivity contribution is 0.253. The first-order chi connectivity index (χ1) is 21.2. The number of aromatic nitrogens is 3. The van der Waals surface area contributed by atoms with Crippen LogP contribution in [0.2, 0.25) is 5.02 Å². The lowest BCUT2D eigenvalue weighted by atomic mass is 9.89. The van der Waals surface area contributed by atoms with Crippen LogP contribution in [0.5, 0.6) is 0 Å². The Balaban J connectivity index is 1.40. The summed E-state index contributed by atoms with van der Waals surface area (Å²) in [6, 6.07) is 12.3. The number of rotatable bonds is 9. The molecule has 0 radical (unpaired) electrons. The highest BCUT2D eigenvalue weighted by Gasteiger charge is 2.21. The summed E-state index contributed by atoms with van der Waals surface area (Å²) in [6.45, 7) is 7.78. The van der Waals surface area contributed by atoms with Crippen LogP contribution < -0.4 is 10.9 Å². The second kappa shape index (κ2) is 13.8. The maximum atomic E-state index is 15.1. The topological polar surface area (TPSA) is 75.4 Å². The predicted molar refractivity (Wildman–Crippen MR) is 175 cm³/mol. The summed E-state index contributed by atoms with van der Waals surface area (Å²) in [4.78, 5) is 29.0. The zero-order valence-corrected chi connectivity index (χ0v) is 26.3. The van der Waals surface area contributed by atoms with E-state index in [0.717, 1.165) is 37.1 Å². The summed E-state index contributed by atoms with van der Waals surface area (Å²) in [5.41, 5.74) is 3.98. The molecule has 44 heavy (non-hydrogen) atoms. The van der Waals surface area contributed by atoms with Crippen LogP contribution in [0.3, 0.4) is 0 Å². The van der Waals surface area contributed by atoms with E-state index in [2.05, 4.69) is 32.2 Å². The van der Waals surface area contributed by atoms with Gasteiger partial charge in [-0.1, -0.05) is 36.7 Å². The van der Waals surface area contributed by atoms with Gasteiger partial charge < -0.3 is 10.2 Å². The quantitative estimate of drug-likeness (QED) is 0.152. The van der Waals surface area contributed by atoms with E-state index in [0.29, 0.717) is 58.0 Å². The number of halogens is 3. The van der Waals surface area contributed by atoms with Crippen molar-refractivity contribution in [3.8, 4) is 11.1 Å². The second-order valence-corrected chi connectivity index (χ2v) is 11.7. The van der Waals surface area contributed by atoms with E-state index in [4.69, 9.17) is 11.6 Å². The number of aliphatic imine (C=N–C) groups is 1. The molecule has 1 N–H and O–H groups in total. The van der Waals surface area contributed by atoms with Crippen LogP contribution in [-0.2, 0) is 13.0 Å². The van der Waals surface area contributed by atoms with Crippen LogP contribution >= 0.6 is 11.6 Å². The maximum Gasteiger partial charge on any atom is 0.260 e. The second-order valence-electron chi connectivity index (χ2n) is 11.3. The van der Waals surface area contributed by atoms with Crippen molar-refractivity contribution in [2.45, 2.75) is 58.9 Å². The minimum absolute atomic E-state index is 0.213. The van der Waals surface area contributed by atoms with Gasteiger partial charge in [-0.15, -0.1) is 0 Å². The third-order valence-electron chi connectivity index (χ3n) is 8.01. The molecule has 0 atom stereocenters. The zero-order chi connectivity index (χ0) is 31.4. The number of fused-ring (bicyclic) bond motifs is 1. The molecular weight excluding hydrogens is 582 g/mol. The van der Waals surface area contributed by atoms with Gasteiger partial charge in [0.05, 0.1) is 0 Å². The minimum Gasteiger partial charge on any atom is -0.324 e. The summed E-state index contributed by atoms with van der Waals surface area (Å²) in [6.07, 6.45) is 5.94. The van der Waals surface area contributed by atoms with Crippen molar-refractivity contribution in [2.75, 3.05) is 25.5 Å². The van der Waals surface area contributed by atoms with E-state index in [1.807, 2.05) is 32.0 Å². The molecule has 2 aromatic heterocycles. The number of hydrogen-bond acceptors (Lipinski definition) is 6. The molecule has 4 aromatic rings. The highest BCUT2D eigenvalue weighted by molar-refractivity contribution is 6.33. The van der Waals surface area contributed by atoms with Gasteiger partial charge in [-0.25, -0.2) is 14.4 Å². The largest absolute Gasteiger partial charge is 0.324 e. The maximum absolute atomic E-state index is 15.1. The van der Waals surface area contributed by atoms with Crippen LogP contribution in [0, 0.1) is 5.82 Å². The van der Waals surface area contributed by atoms with Crippen molar-refractivity contribution >= 4 is 40.0 Å². The third kappa shape index (κ3) is 7.05. The van der Waals surface area contributed by atoms with Crippen molar-refractivity contribution < 1.29 is 8.78 Å². The molecule has 1 fully saturated rings. The Morgan fingerprint density at radius 3 is 2.59 bits per heavy atom. The van der Waals surface area contributed by atoms with Gasteiger partial charge in [0.1, 0.15) is 11.5 Å². The fourth-order valence-corrected chi connectivity index (χ4v) is 6.01. The first-order valence-electron chi connectivity index (χ1n) is 15.0. The number of aryl methyl sites for hydroxylation is 1. The predicted octanol–water partition coefficient (Wildman–Crippen LogP) is 8.05. The smallest absolute Gasteiger partial charge is 0.260 e. The normalized spacial score (nSPS) is 15.2. The van der Waals surface area contributed by atoms with Gasteiger partial charge in [-0.2, -0.15) is 9.37 Å². The molecule has 0 spiro atoms. The zero-order valence-electron chi connectivity index (χ0n) is 25.5. The Morgan fingerprint density at radius 2 is 1.91 bits per heavy atom. The van der Waals surface area contributed by atoms with Crippen LogP contribution in [0.15, 0.2) is 70.5 Å². The summed E-state index contributed by atoms with van der Waals surface area (Å²) >= 11 is 6.67. The van der Waals surface area contributed by atoms with Gasteiger partial charge in [-0.3, -0.25) is 9.36 Å². The lowest BCUT2D eigenvalue weighted by Crippen LogP contribution is -2.29. The molecule has 0 aliphatic carbocycles. The van der Waals surface area contributed by atoms with Crippen molar-refractivity contribution in [2.24, 2.45) is 4.99 Å². The van der Waals surface area contributed by atoms with E-state index >= 15 is 4.39 Å². The molecule has 3 heterocycles. The van der Waals surface area contributed by atoms with Crippen LogP contribution in [0.4, 0.5) is 20.4 Å². The fraction of sp³-hybridized carbons (Fsp3) is 0.353. The molecule has 7 nitrogen and oxygen atoms in total. The average molecular weight is 619 g/mol. The van der Waals surface area contributed by atoms with Crippen molar-refractivity contribution in [1.82, 2.24) is 19.4 Å². The summed E-state index contributed by atoms with van der Waals surface area (Å²) < 4.78 is 30.4. The first-order valence-corrected chi connectivity index (χ1v) is 15.4. The van der Waals surface area contributed by atoms with Gasteiger partial charge in [0.15, 0.2) is 0 Å². The van der Waals surface area contributed by atoms with Gasteiger partial charge in [0.25, 0.3) is 5.56 Å². The van der Waals surface area contributed by atoms with Crippen LogP contribution in [0.25, 0.3) is 22.2 Å². The van der Waals surface area contributed by atoms with Crippen LogP contribution in [-0.4, -0.2) is 45.3 Å². The Hall–Kier alpha value is -3.95. The third-order valence-corrected chi connectivity index (χ3v) is 8.32. The van der Waals surface area contributed by atoms with Crippen LogP contribution in [0.1, 0.15) is 57.1 Å². The van der Waals surface area contributed by atoms with E-state index in [9.17, 15) is 9.18 Å². The molecule has 0 amide bonds. The molecular formula is C34H37ClF2N6O. The Labute approximate surface area is 261 Å². The number of likely N-dealkylation sites (tertiary alicyclic amines) is 1. The van der Waals surface area contributed by atoms with E-state index < -0.39 is 5.95 Å². The number of hydrogen-bond donors (Lipinski definition) is 1. The molecule has 10 heteroatoms. The molecule has 1 saturated heterocycles. The first kappa shape index (κ1) is 31.5. The highest BCUT2D eigenvalue weighted by atomic mass is 35.5. The lowest BCUT2D eigenvalue weighted by Gasteiger charge is -2.29. The highest BCUT2D eigenvalue weighted by Crippen LogP contribution is 2.32. The SMILES string of the molecule is CC/C=C(F)\N=C(\C)Cc1ccc(-c2cc3cnc(Nc4ccc(C5CCN(C)CC5)c(F)c4)nc3n(CC)c2=O)c(Cl)c1. The number of nitrogens with zero attached hydrogens (tertiary/aromatic N) is 5. The molecule has 230 valence electrons. The molecule has 0 bridgehead atoms. The Bertz CT molecular complexity index is 1790. The van der Waals surface area contributed by atoms with Gasteiger partial charge in [0, 0.05) is 52.1 Å². The molecule has 5 rings (SSSR count). The summed E-state index contributed by atoms with van der Waals surface area (Å²) in [7, 11) is 2.09. The van der Waals surface area contributed by atoms with Gasteiger partial charge >= 0.3 is 0 Å². The Morgan fingerprint density at radius 1 is 1.14 bits per heavy atom. The minimum atomic E-state index is -0.502. The average Bonchev–Trinajstić information content (AvgIpc) is 2.98. The van der Waals surface area contributed by atoms with E-state index in [1.54, 1.807) is 35.9 Å². The molecule has 0 saturated carbocycles. The molecule has 1 aliphatic rings. The van der Waals surface area contributed by atoms with Crippen molar-refractivity contribution in [3.05, 3.63) is 93.0 Å². The fourth-order valence-electron chi connectivity index (χ4n) is 5.71. The van der Waals surface area contributed by atoms with Crippen molar-refractivity contribution in [1.29, 1.82) is 0 Å². The molecule has 2 aromatic carbocycles. The summed E-state index contributed by atoms with van der Waals surface area (Å²) in [5.74, 6) is -0.266. The van der Waals surface area contributed by atoms with E-state index in [-0.39, 0.29) is 23.2 Å². The number of piperidine rings is 1. The summed E-state index contributed by atoms with van der Waals surface area (Å²) in [5, 5.41) is 4.17. The van der Waals surface area contributed by atoms with Crippen molar-refractivity contribution in [3.63, 3.8) is 0 Å². The van der Waals surface area contributed by atoms with Gasteiger partial charge in [-0.05, 0) is 101 Å². The van der Waals surface area contributed by atoms with Gasteiger partial charge in [0.2, 0.25) is 11.9 Å². The van der Waals surface area contributed by atoms with E-state index in [1.165, 1.54) is 12.1 Å². The number of allylic oxidation sites excluding steroid dienone is 1. The number of pyridine rings is 1. The molecule has 1 aliphatic heterocycles. The standard InChI is InChI=1S/C34H37ClF2N6O/c1-5-7-31(37)39-21(3)16-22-8-10-27(29(35)17-22)28-18-24-20-38-34(41-32(24)43(6-2)33(28)44)40-25-9-11-26(30(36)19-25)23-12-14-42(4)15-13-23/h7-11,17-20,23H,5-6,12-16H2,1-4H3,(H,38,40,41)/b31-7-,39-21-. The monoisotopic (exact) mass is 618 g/mol. The molecule has 0 unspecified atom stereocenters. The number of nitrogens with one attached hydrogen (secondary N) is 1.